The van der Waals surface area contributed by atoms with Gasteiger partial charge in [-0.1, -0.05) is 12.1 Å². The lowest BCUT2D eigenvalue weighted by Gasteiger charge is -2.06. The molecule has 0 saturated heterocycles. The molecule has 0 atom stereocenters. The SMILES string of the molecule is COCCNCc1nnnn1Cc1cccc([N+](=O)[O-])c1. The molecule has 1 aromatic heterocycles. The molecule has 2 aromatic rings. The number of nitro groups is 1. The molecule has 0 bridgehead atoms. The van der Waals surface area contributed by atoms with E-state index in [0.29, 0.717) is 32.1 Å². The Bertz CT molecular complexity index is 600. The van der Waals surface area contributed by atoms with Gasteiger partial charge in [-0.15, -0.1) is 5.10 Å². The average Bonchev–Trinajstić information content (AvgIpc) is 2.91. The van der Waals surface area contributed by atoms with Crippen molar-refractivity contribution >= 4 is 5.69 Å². The predicted octanol–water partition coefficient (Wildman–Crippen LogP) is 0.366. The summed E-state index contributed by atoms with van der Waals surface area (Å²) in [6.45, 7) is 2.19. The Morgan fingerprint density at radius 2 is 2.33 bits per heavy atom. The minimum absolute atomic E-state index is 0.0559. The van der Waals surface area contributed by atoms with Gasteiger partial charge in [0.1, 0.15) is 0 Å². The molecule has 21 heavy (non-hydrogen) atoms. The molecular formula is C12H16N6O3. The molecule has 2 rings (SSSR count). The molecule has 0 amide bonds. The highest BCUT2D eigenvalue weighted by Gasteiger charge is 2.09. The van der Waals surface area contributed by atoms with Crippen LogP contribution in [0, 0.1) is 10.1 Å². The monoisotopic (exact) mass is 292 g/mol. The smallest absolute Gasteiger partial charge is 0.269 e. The minimum atomic E-state index is -0.420. The van der Waals surface area contributed by atoms with Gasteiger partial charge < -0.3 is 10.1 Å². The number of ether oxygens (including phenoxy) is 1. The molecule has 1 aromatic carbocycles. The first-order valence-corrected chi connectivity index (χ1v) is 6.38. The van der Waals surface area contributed by atoms with E-state index in [0.717, 1.165) is 5.56 Å². The van der Waals surface area contributed by atoms with Crippen molar-refractivity contribution in [2.24, 2.45) is 0 Å². The third-order valence-electron chi connectivity index (χ3n) is 2.83. The number of methoxy groups -OCH3 is 1. The largest absolute Gasteiger partial charge is 0.383 e. The van der Waals surface area contributed by atoms with E-state index in [9.17, 15) is 10.1 Å². The predicted molar refractivity (Wildman–Crippen MR) is 73.6 cm³/mol. The maximum Gasteiger partial charge on any atom is 0.269 e. The van der Waals surface area contributed by atoms with Crippen molar-refractivity contribution < 1.29 is 9.66 Å². The number of nitro benzene ring substituents is 1. The van der Waals surface area contributed by atoms with Gasteiger partial charge in [0.25, 0.3) is 5.69 Å². The summed E-state index contributed by atoms with van der Waals surface area (Å²) >= 11 is 0. The molecule has 0 aliphatic rings. The topological polar surface area (TPSA) is 108 Å². The van der Waals surface area contributed by atoms with Crippen LogP contribution in [-0.2, 0) is 17.8 Å². The Morgan fingerprint density at radius 3 is 3.10 bits per heavy atom. The molecule has 0 aliphatic carbocycles. The number of hydrogen-bond acceptors (Lipinski definition) is 7. The fourth-order valence-electron chi connectivity index (χ4n) is 1.79. The summed E-state index contributed by atoms with van der Waals surface area (Å²) in [7, 11) is 1.63. The van der Waals surface area contributed by atoms with Gasteiger partial charge in [-0.3, -0.25) is 10.1 Å². The highest BCUT2D eigenvalue weighted by atomic mass is 16.6. The van der Waals surface area contributed by atoms with E-state index in [1.165, 1.54) is 12.1 Å². The second kappa shape index (κ2) is 7.41. The van der Waals surface area contributed by atoms with Crippen LogP contribution in [0.2, 0.25) is 0 Å². The molecule has 0 radical (unpaired) electrons. The fourth-order valence-corrected chi connectivity index (χ4v) is 1.79. The van der Waals surface area contributed by atoms with Crippen LogP contribution in [-0.4, -0.2) is 45.4 Å². The lowest BCUT2D eigenvalue weighted by atomic mass is 10.2. The summed E-state index contributed by atoms with van der Waals surface area (Å²) in [6, 6.07) is 6.42. The van der Waals surface area contributed by atoms with E-state index in [1.807, 2.05) is 0 Å². The van der Waals surface area contributed by atoms with E-state index < -0.39 is 4.92 Å². The quantitative estimate of drug-likeness (QED) is 0.425. The molecule has 0 unspecified atom stereocenters. The van der Waals surface area contributed by atoms with Crippen LogP contribution in [0.1, 0.15) is 11.4 Å². The Labute approximate surface area is 121 Å². The summed E-state index contributed by atoms with van der Waals surface area (Å²) < 4.78 is 6.55. The van der Waals surface area contributed by atoms with Crippen molar-refractivity contribution in [3.05, 3.63) is 45.8 Å². The van der Waals surface area contributed by atoms with Gasteiger partial charge in [0.05, 0.1) is 24.6 Å². The maximum atomic E-state index is 10.8. The number of tetrazole rings is 1. The van der Waals surface area contributed by atoms with E-state index in [4.69, 9.17) is 4.74 Å². The Balaban J connectivity index is 2.01. The number of non-ortho nitro benzene ring substituents is 1. The first-order chi connectivity index (χ1) is 10.2. The first-order valence-electron chi connectivity index (χ1n) is 6.38. The van der Waals surface area contributed by atoms with Crippen LogP contribution < -0.4 is 5.32 Å². The highest BCUT2D eigenvalue weighted by molar-refractivity contribution is 5.34. The van der Waals surface area contributed by atoms with Crippen molar-refractivity contribution in [2.45, 2.75) is 13.1 Å². The Hall–Kier alpha value is -2.39. The standard InChI is InChI=1S/C12H16N6O3/c1-21-6-5-13-8-12-14-15-16-17(12)9-10-3-2-4-11(7-10)18(19)20/h2-4,7,13H,5-6,8-9H2,1H3. The molecule has 0 aliphatic heterocycles. The van der Waals surface area contributed by atoms with Gasteiger partial charge in [0.15, 0.2) is 5.82 Å². The number of rotatable bonds is 8. The zero-order chi connectivity index (χ0) is 15.1. The van der Waals surface area contributed by atoms with Crippen LogP contribution in [0.3, 0.4) is 0 Å². The summed E-state index contributed by atoms with van der Waals surface area (Å²) in [5, 5.41) is 25.4. The van der Waals surface area contributed by atoms with Gasteiger partial charge >= 0.3 is 0 Å². The van der Waals surface area contributed by atoms with E-state index in [-0.39, 0.29) is 5.69 Å². The molecule has 112 valence electrons. The van der Waals surface area contributed by atoms with Crippen molar-refractivity contribution in [2.75, 3.05) is 20.3 Å². The van der Waals surface area contributed by atoms with Crippen molar-refractivity contribution in [3.8, 4) is 0 Å². The van der Waals surface area contributed by atoms with Crippen molar-refractivity contribution in [1.29, 1.82) is 0 Å². The van der Waals surface area contributed by atoms with Gasteiger partial charge in [-0.25, -0.2) is 4.68 Å². The van der Waals surface area contributed by atoms with Crippen molar-refractivity contribution in [3.63, 3.8) is 0 Å². The molecule has 0 saturated carbocycles. The van der Waals surface area contributed by atoms with Crippen molar-refractivity contribution in [1.82, 2.24) is 25.5 Å². The zero-order valence-corrected chi connectivity index (χ0v) is 11.6. The fraction of sp³-hybridized carbons (Fsp3) is 0.417. The van der Waals surface area contributed by atoms with E-state index in [1.54, 1.807) is 23.9 Å². The molecule has 1 heterocycles. The summed E-state index contributed by atoms with van der Waals surface area (Å²) in [4.78, 5) is 10.3. The molecule has 0 spiro atoms. The number of nitrogens with one attached hydrogen (secondary N) is 1. The van der Waals surface area contributed by atoms with Crippen LogP contribution in [0.25, 0.3) is 0 Å². The number of aromatic nitrogens is 4. The van der Waals surface area contributed by atoms with E-state index in [2.05, 4.69) is 20.8 Å². The Kier molecular flexibility index (Phi) is 5.29. The summed E-state index contributed by atoms with van der Waals surface area (Å²) in [5.74, 6) is 0.664. The third-order valence-corrected chi connectivity index (χ3v) is 2.83. The third kappa shape index (κ3) is 4.29. The van der Waals surface area contributed by atoms with Crippen LogP contribution in [0.5, 0.6) is 0 Å². The van der Waals surface area contributed by atoms with Crippen LogP contribution in [0.4, 0.5) is 5.69 Å². The number of benzene rings is 1. The maximum absolute atomic E-state index is 10.8. The minimum Gasteiger partial charge on any atom is -0.383 e. The van der Waals surface area contributed by atoms with Crippen LogP contribution in [0.15, 0.2) is 24.3 Å². The second-order valence-electron chi connectivity index (χ2n) is 4.35. The lowest BCUT2D eigenvalue weighted by molar-refractivity contribution is -0.384. The van der Waals surface area contributed by atoms with Gasteiger partial charge in [-0.2, -0.15) is 0 Å². The summed E-state index contributed by atoms with van der Waals surface area (Å²) in [6.07, 6.45) is 0. The molecule has 9 heteroatoms. The molecule has 0 fully saturated rings. The zero-order valence-electron chi connectivity index (χ0n) is 11.6. The van der Waals surface area contributed by atoms with Gasteiger partial charge in [0, 0.05) is 25.8 Å². The normalized spacial score (nSPS) is 10.7. The number of hydrogen-bond donors (Lipinski definition) is 1. The van der Waals surface area contributed by atoms with E-state index >= 15 is 0 Å². The first kappa shape index (κ1) is 15.0. The average molecular weight is 292 g/mol. The molecule has 9 nitrogen and oxygen atoms in total. The Morgan fingerprint density at radius 1 is 1.48 bits per heavy atom. The molecular weight excluding hydrogens is 276 g/mol. The number of nitrogens with zero attached hydrogens (tertiary/aromatic N) is 5. The van der Waals surface area contributed by atoms with Gasteiger partial charge in [0.2, 0.25) is 0 Å². The van der Waals surface area contributed by atoms with Gasteiger partial charge in [-0.05, 0) is 16.0 Å². The highest BCUT2D eigenvalue weighted by Crippen LogP contribution is 2.14. The summed E-state index contributed by atoms with van der Waals surface area (Å²) in [5.41, 5.74) is 0.829. The molecule has 1 N–H and O–H groups in total. The lowest BCUT2D eigenvalue weighted by Crippen LogP contribution is -2.21. The second-order valence-corrected chi connectivity index (χ2v) is 4.35. The van der Waals surface area contributed by atoms with Crippen LogP contribution >= 0.6 is 0 Å².